The van der Waals surface area contributed by atoms with Crippen molar-refractivity contribution in [2.45, 2.75) is 58.2 Å². The second kappa shape index (κ2) is 8.92. The fourth-order valence-corrected chi connectivity index (χ4v) is 4.76. The number of aryl methyl sites for hydroxylation is 1. The van der Waals surface area contributed by atoms with Crippen molar-refractivity contribution in [1.29, 1.82) is 0 Å². The van der Waals surface area contributed by atoms with Gasteiger partial charge in [0, 0.05) is 31.5 Å². The average Bonchev–Trinajstić information content (AvgIpc) is 3.19. The van der Waals surface area contributed by atoms with E-state index in [0.717, 1.165) is 54.6 Å². The molecule has 0 aliphatic carbocycles. The van der Waals surface area contributed by atoms with Crippen molar-refractivity contribution in [3.8, 4) is 0 Å². The number of fused-ring (bicyclic) bond motifs is 2. The summed E-state index contributed by atoms with van der Waals surface area (Å²) < 4.78 is 8.00. The van der Waals surface area contributed by atoms with E-state index in [9.17, 15) is 4.79 Å². The first-order valence-corrected chi connectivity index (χ1v) is 10.7. The monoisotopic (exact) mass is 440 g/mol. The molecule has 8 nitrogen and oxygen atoms in total. The maximum absolute atomic E-state index is 13.8. The molecule has 5 rings (SSSR count). The normalized spacial score (nSPS) is 20.9. The van der Waals surface area contributed by atoms with Crippen LogP contribution in [0.3, 0.4) is 0 Å². The second-order valence-corrected chi connectivity index (χ2v) is 7.97. The van der Waals surface area contributed by atoms with Gasteiger partial charge < -0.3 is 9.64 Å². The minimum absolute atomic E-state index is 0. The highest BCUT2D eigenvalue weighted by atomic mass is 32.1. The summed E-state index contributed by atoms with van der Waals surface area (Å²) in [7, 11) is 0. The molecule has 9 heteroatoms. The third-order valence-corrected chi connectivity index (χ3v) is 6.20. The van der Waals surface area contributed by atoms with Gasteiger partial charge in [0.15, 0.2) is 5.65 Å². The zero-order valence-corrected chi connectivity index (χ0v) is 18.9. The topological polar surface area (TPSA) is 86.0 Å². The molecule has 2 aliphatic rings. The highest BCUT2D eigenvalue weighted by Crippen LogP contribution is 2.34. The lowest BCUT2D eigenvalue weighted by Crippen LogP contribution is -2.41. The molecule has 5 heterocycles. The summed E-state index contributed by atoms with van der Waals surface area (Å²) in [5, 5.41) is 0. The van der Waals surface area contributed by atoms with Gasteiger partial charge in [-0.1, -0.05) is 13.0 Å². The Morgan fingerprint density at radius 2 is 2.13 bits per heavy atom. The van der Waals surface area contributed by atoms with Gasteiger partial charge in [0.1, 0.15) is 18.1 Å². The molecule has 0 aromatic carbocycles. The number of carbonyl (C=O) groups excluding carboxylic acids is 1. The largest absolute Gasteiger partial charge is 0.358 e. The molecule has 1 saturated heterocycles. The summed E-state index contributed by atoms with van der Waals surface area (Å²) in [4.78, 5) is 33.7. The molecular formula is C22H28N6O2S. The SMILES string of the molecule is CC[C@@H]1c2cccnc2CCN1C(=O)c1nc2ncnc(C)c2n1C1CCCCO1.S. The molecule has 1 fully saturated rings. The van der Waals surface area contributed by atoms with Crippen molar-refractivity contribution in [2.24, 2.45) is 0 Å². The Kier molecular flexibility index (Phi) is 6.24. The van der Waals surface area contributed by atoms with Crippen LogP contribution < -0.4 is 0 Å². The van der Waals surface area contributed by atoms with Gasteiger partial charge in [0.25, 0.3) is 5.91 Å². The van der Waals surface area contributed by atoms with E-state index in [0.29, 0.717) is 24.6 Å². The number of ether oxygens (including phenoxy) is 1. The molecule has 0 spiro atoms. The van der Waals surface area contributed by atoms with Crippen LogP contribution in [0.2, 0.25) is 0 Å². The number of imidazole rings is 1. The molecule has 3 aromatic heterocycles. The Labute approximate surface area is 188 Å². The molecule has 0 bridgehead atoms. The van der Waals surface area contributed by atoms with Crippen molar-refractivity contribution in [3.05, 3.63) is 47.4 Å². The maximum Gasteiger partial charge on any atom is 0.290 e. The molecule has 0 N–H and O–H groups in total. The van der Waals surface area contributed by atoms with Crippen LogP contribution in [-0.4, -0.2) is 48.5 Å². The van der Waals surface area contributed by atoms with E-state index in [-0.39, 0.29) is 31.7 Å². The smallest absolute Gasteiger partial charge is 0.290 e. The molecule has 31 heavy (non-hydrogen) atoms. The van der Waals surface area contributed by atoms with Crippen LogP contribution in [0, 0.1) is 6.92 Å². The molecule has 2 atom stereocenters. The fraction of sp³-hybridized carbons (Fsp3) is 0.500. The number of amides is 1. The Morgan fingerprint density at radius 1 is 1.26 bits per heavy atom. The number of rotatable bonds is 3. The lowest BCUT2D eigenvalue weighted by molar-refractivity contribution is -0.0313. The minimum Gasteiger partial charge on any atom is -0.358 e. The molecule has 164 valence electrons. The van der Waals surface area contributed by atoms with Crippen molar-refractivity contribution in [2.75, 3.05) is 13.2 Å². The van der Waals surface area contributed by atoms with E-state index in [4.69, 9.17) is 4.74 Å². The van der Waals surface area contributed by atoms with E-state index >= 15 is 0 Å². The summed E-state index contributed by atoms with van der Waals surface area (Å²) in [5.41, 5.74) is 4.36. The third kappa shape index (κ3) is 3.70. The second-order valence-electron chi connectivity index (χ2n) is 7.97. The van der Waals surface area contributed by atoms with Gasteiger partial charge in [-0.25, -0.2) is 15.0 Å². The molecule has 0 saturated carbocycles. The number of hydrogen-bond acceptors (Lipinski definition) is 6. The molecule has 2 aliphatic heterocycles. The molecule has 1 amide bonds. The van der Waals surface area contributed by atoms with Crippen molar-refractivity contribution >= 4 is 30.6 Å². The number of hydrogen-bond donors (Lipinski definition) is 0. The van der Waals surface area contributed by atoms with Crippen LogP contribution in [0.1, 0.15) is 72.4 Å². The zero-order valence-electron chi connectivity index (χ0n) is 17.9. The predicted molar refractivity (Wildman–Crippen MR) is 121 cm³/mol. The van der Waals surface area contributed by atoms with Gasteiger partial charge in [-0.3, -0.25) is 14.3 Å². The van der Waals surface area contributed by atoms with Crippen LogP contribution in [-0.2, 0) is 11.2 Å². The summed E-state index contributed by atoms with van der Waals surface area (Å²) in [5.74, 6) is 0.314. The Balaban J connectivity index is 0.00000231. The lowest BCUT2D eigenvalue weighted by atomic mass is 9.95. The predicted octanol–water partition coefficient (Wildman–Crippen LogP) is 3.49. The molecule has 1 unspecified atom stereocenters. The van der Waals surface area contributed by atoms with Crippen molar-refractivity contribution in [1.82, 2.24) is 29.4 Å². The van der Waals surface area contributed by atoms with Crippen LogP contribution in [0.4, 0.5) is 0 Å². The first-order chi connectivity index (χ1) is 14.7. The number of carbonyl (C=O) groups is 1. The first kappa shape index (κ1) is 21.7. The Bertz CT molecular complexity index is 1090. The van der Waals surface area contributed by atoms with E-state index < -0.39 is 0 Å². The summed E-state index contributed by atoms with van der Waals surface area (Å²) in [6, 6.07) is 4.01. The summed E-state index contributed by atoms with van der Waals surface area (Å²) in [6.45, 7) is 5.35. The van der Waals surface area contributed by atoms with E-state index in [1.807, 2.05) is 28.7 Å². The fourth-order valence-electron chi connectivity index (χ4n) is 4.76. The average molecular weight is 441 g/mol. The lowest BCUT2D eigenvalue weighted by Gasteiger charge is -2.36. The van der Waals surface area contributed by atoms with Crippen LogP contribution in [0.5, 0.6) is 0 Å². The number of pyridine rings is 1. The summed E-state index contributed by atoms with van der Waals surface area (Å²) in [6.07, 6.45) is 7.63. The molecular weight excluding hydrogens is 412 g/mol. The van der Waals surface area contributed by atoms with Crippen LogP contribution in [0.15, 0.2) is 24.7 Å². The zero-order chi connectivity index (χ0) is 20.7. The van der Waals surface area contributed by atoms with Crippen LogP contribution >= 0.6 is 13.5 Å². The molecule has 3 aromatic rings. The minimum atomic E-state index is -0.216. The van der Waals surface area contributed by atoms with E-state index in [2.05, 4.69) is 32.9 Å². The standard InChI is InChI=1S/C22H26N6O2.H2S/c1-3-17-15-7-6-10-23-16(15)9-11-27(17)22(29)21-26-20-19(14(2)24-13-25-20)28(21)18-8-4-5-12-30-18;/h6-7,10,13,17-18H,3-5,8-9,11-12H2,1-2H3;1H2/t17-,18?;/m1./s1. The maximum atomic E-state index is 13.8. The van der Waals surface area contributed by atoms with Gasteiger partial charge in [0.2, 0.25) is 5.82 Å². The number of aromatic nitrogens is 5. The van der Waals surface area contributed by atoms with Crippen molar-refractivity contribution < 1.29 is 9.53 Å². The van der Waals surface area contributed by atoms with Gasteiger partial charge in [-0.15, -0.1) is 0 Å². The Hall–Kier alpha value is -2.52. The Morgan fingerprint density at radius 3 is 2.90 bits per heavy atom. The van der Waals surface area contributed by atoms with Crippen LogP contribution in [0.25, 0.3) is 11.2 Å². The van der Waals surface area contributed by atoms with Gasteiger partial charge in [-0.2, -0.15) is 13.5 Å². The highest BCUT2D eigenvalue weighted by Gasteiger charge is 2.35. The quantitative estimate of drug-likeness (QED) is 0.620. The van der Waals surface area contributed by atoms with Crippen molar-refractivity contribution in [3.63, 3.8) is 0 Å². The molecule has 0 radical (unpaired) electrons. The van der Waals surface area contributed by atoms with Gasteiger partial charge >= 0.3 is 0 Å². The van der Waals surface area contributed by atoms with E-state index in [1.165, 1.54) is 6.33 Å². The summed E-state index contributed by atoms with van der Waals surface area (Å²) >= 11 is 0. The van der Waals surface area contributed by atoms with Gasteiger partial charge in [-0.05, 0) is 44.2 Å². The first-order valence-electron chi connectivity index (χ1n) is 10.7. The van der Waals surface area contributed by atoms with E-state index in [1.54, 1.807) is 0 Å². The third-order valence-electron chi connectivity index (χ3n) is 6.20. The highest BCUT2D eigenvalue weighted by molar-refractivity contribution is 7.59. The van der Waals surface area contributed by atoms with Gasteiger partial charge in [0.05, 0.1) is 11.7 Å². The number of nitrogens with zero attached hydrogens (tertiary/aromatic N) is 6.